The summed E-state index contributed by atoms with van der Waals surface area (Å²) in [6, 6.07) is 0. The average Bonchev–Trinajstić information content (AvgIpc) is 2.08. The van der Waals surface area contributed by atoms with Gasteiger partial charge in [0.2, 0.25) is 0 Å². The fourth-order valence-corrected chi connectivity index (χ4v) is 1.87. The summed E-state index contributed by atoms with van der Waals surface area (Å²) in [7, 11) is 0. The lowest BCUT2D eigenvalue weighted by Gasteiger charge is -2.21. The Bertz CT molecular complexity index is 194. The Kier molecular flexibility index (Phi) is 5.66. The van der Waals surface area contributed by atoms with Gasteiger partial charge < -0.3 is 0 Å². The van der Waals surface area contributed by atoms with Crippen molar-refractivity contribution in [3.05, 3.63) is 23.8 Å². The Morgan fingerprint density at radius 1 is 1.36 bits per heavy atom. The normalized spacial score (nSPS) is 18.9. The first-order chi connectivity index (χ1) is 6.83. The van der Waals surface area contributed by atoms with Crippen LogP contribution in [-0.2, 0) is 0 Å². The molecule has 0 aliphatic heterocycles. The average molecular weight is 192 g/mol. The summed E-state index contributed by atoms with van der Waals surface area (Å²) in [6.45, 7) is 4.46. The molecule has 0 aromatic carbocycles. The zero-order valence-corrected chi connectivity index (χ0v) is 9.76. The lowest BCUT2D eigenvalue weighted by atomic mass is 9.85. The minimum atomic E-state index is 0.933. The minimum absolute atomic E-state index is 0.933. The van der Waals surface area contributed by atoms with Crippen molar-refractivity contribution in [3.63, 3.8) is 0 Å². The smallest absolute Gasteiger partial charge is 0.0234 e. The summed E-state index contributed by atoms with van der Waals surface area (Å²) in [5, 5.41) is 0. The molecule has 1 rings (SSSR count). The number of rotatable bonds is 6. The maximum atomic E-state index is 2.43. The number of unbranched alkanes of at least 4 members (excludes halogenated alkanes) is 1. The maximum absolute atomic E-state index is 2.43. The molecule has 0 aromatic rings. The molecule has 0 atom stereocenters. The lowest BCUT2D eigenvalue weighted by Crippen LogP contribution is -2.06. The summed E-state index contributed by atoms with van der Waals surface area (Å²) in [5.41, 5.74) is 1.56. The van der Waals surface area contributed by atoms with Crippen molar-refractivity contribution in [2.45, 2.75) is 58.8 Å². The quantitative estimate of drug-likeness (QED) is 0.416. The monoisotopic (exact) mass is 192 g/mol. The van der Waals surface area contributed by atoms with Crippen molar-refractivity contribution in [3.8, 4) is 0 Å². The highest BCUT2D eigenvalue weighted by Crippen LogP contribution is 2.27. The van der Waals surface area contributed by atoms with E-state index in [0.717, 1.165) is 5.92 Å². The van der Waals surface area contributed by atoms with Crippen molar-refractivity contribution in [2.75, 3.05) is 0 Å². The van der Waals surface area contributed by atoms with Gasteiger partial charge in [0.05, 0.1) is 0 Å². The summed E-state index contributed by atoms with van der Waals surface area (Å²) < 4.78 is 0. The Labute approximate surface area is 89.1 Å². The van der Waals surface area contributed by atoms with Crippen molar-refractivity contribution in [1.29, 1.82) is 0 Å². The third-order valence-corrected chi connectivity index (χ3v) is 3.05. The van der Waals surface area contributed by atoms with Crippen LogP contribution in [0.2, 0.25) is 0 Å². The van der Waals surface area contributed by atoms with Crippen molar-refractivity contribution in [1.82, 2.24) is 0 Å². The molecule has 1 aliphatic carbocycles. The van der Waals surface area contributed by atoms with Gasteiger partial charge in [0.25, 0.3) is 0 Å². The van der Waals surface area contributed by atoms with E-state index in [1.54, 1.807) is 5.57 Å². The zero-order valence-electron chi connectivity index (χ0n) is 9.76. The molecule has 0 N–H and O–H groups in total. The number of allylic oxidation sites excluding steroid dienone is 4. The predicted molar refractivity (Wildman–Crippen MR) is 64.4 cm³/mol. The SMILES string of the molecule is CCC=C(C)CCCC=CC1CCC1. The van der Waals surface area contributed by atoms with Gasteiger partial charge in [-0.05, 0) is 51.4 Å². The number of hydrogen-bond donors (Lipinski definition) is 0. The molecule has 0 unspecified atom stereocenters. The molecule has 14 heavy (non-hydrogen) atoms. The van der Waals surface area contributed by atoms with Crippen molar-refractivity contribution >= 4 is 0 Å². The largest absolute Gasteiger partial charge is 0.0882 e. The number of hydrogen-bond acceptors (Lipinski definition) is 0. The van der Waals surface area contributed by atoms with E-state index >= 15 is 0 Å². The van der Waals surface area contributed by atoms with E-state index in [1.807, 2.05) is 0 Å². The fourth-order valence-electron chi connectivity index (χ4n) is 1.87. The van der Waals surface area contributed by atoms with E-state index in [-0.39, 0.29) is 0 Å². The first-order valence-corrected chi connectivity index (χ1v) is 6.15. The molecule has 1 saturated carbocycles. The Hall–Kier alpha value is -0.520. The van der Waals surface area contributed by atoms with Gasteiger partial charge in [0, 0.05) is 0 Å². The van der Waals surface area contributed by atoms with Crippen LogP contribution in [0.25, 0.3) is 0 Å². The molecule has 0 spiro atoms. The third kappa shape index (κ3) is 4.64. The molecule has 0 heterocycles. The second kappa shape index (κ2) is 6.86. The Balaban J connectivity index is 1.98. The van der Waals surface area contributed by atoms with E-state index in [9.17, 15) is 0 Å². The third-order valence-electron chi connectivity index (χ3n) is 3.05. The molecule has 1 fully saturated rings. The Morgan fingerprint density at radius 2 is 2.14 bits per heavy atom. The van der Waals surface area contributed by atoms with Gasteiger partial charge >= 0.3 is 0 Å². The van der Waals surface area contributed by atoms with E-state index in [0.29, 0.717) is 0 Å². The molecule has 80 valence electrons. The van der Waals surface area contributed by atoms with Gasteiger partial charge in [0.1, 0.15) is 0 Å². The van der Waals surface area contributed by atoms with E-state index in [4.69, 9.17) is 0 Å². The van der Waals surface area contributed by atoms with Crippen LogP contribution in [-0.4, -0.2) is 0 Å². The first kappa shape index (κ1) is 11.6. The molecule has 0 saturated heterocycles. The van der Waals surface area contributed by atoms with Gasteiger partial charge in [-0.15, -0.1) is 0 Å². The van der Waals surface area contributed by atoms with E-state index < -0.39 is 0 Å². The van der Waals surface area contributed by atoms with Gasteiger partial charge in [-0.2, -0.15) is 0 Å². The summed E-state index contributed by atoms with van der Waals surface area (Å²) in [4.78, 5) is 0. The van der Waals surface area contributed by atoms with Gasteiger partial charge in [-0.3, -0.25) is 0 Å². The van der Waals surface area contributed by atoms with E-state index in [1.165, 1.54) is 44.9 Å². The van der Waals surface area contributed by atoms with E-state index in [2.05, 4.69) is 32.1 Å². The van der Waals surface area contributed by atoms with Crippen LogP contribution in [0.1, 0.15) is 58.8 Å². The first-order valence-electron chi connectivity index (χ1n) is 6.15. The highest BCUT2D eigenvalue weighted by molar-refractivity contribution is 4.98. The van der Waals surface area contributed by atoms with Gasteiger partial charge in [0.15, 0.2) is 0 Å². The van der Waals surface area contributed by atoms with Gasteiger partial charge in [-0.25, -0.2) is 0 Å². The zero-order chi connectivity index (χ0) is 10.2. The lowest BCUT2D eigenvalue weighted by molar-refractivity contribution is 0.387. The predicted octanol–water partition coefficient (Wildman–Crippen LogP) is 4.87. The molecule has 0 nitrogen and oxygen atoms in total. The molecule has 0 radical (unpaired) electrons. The summed E-state index contributed by atoms with van der Waals surface area (Å²) >= 11 is 0. The minimum Gasteiger partial charge on any atom is -0.0882 e. The van der Waals surface area contributed by atoms with Crippen LogP contribution in [0.5, 0.6) is 0 Å². The van der Waals surface area contributed by atoms with Gasteiger partial charge in [-0.1, -0.05) is 37.1 Å². The molecule has 0 heteroatoms. The summed E-state index contributed by atoms with van der Waals surface area (Å²) in [6.07, 6.45) is 16.6. The molecule has 0 aromatic heterocycles. The van der Waals surface area contributed by atoms with Crippen LogP contribution in [0.15, 0.2) is 23.8 Å². The van der Waals surface area contributed by atoms with Crippen molar-refractivity contribution < 1.29 is 0 Å². The van der Waals surface area contributed by atoms with Crippen LogP contribution in [0.3, 0.4) is 0 Å². The second-order valence-electron chi connectivity index (χ2n) is 4.47. The second-order valence-corrected chi connectivity index (χ2v) is 4.47. The fraction of sp³-hybridized carbons (Fsp3) is 0.714. The molecular formula is C14H24. The maximum Gasteiger partial charge on any atom is -0.0234 e. The van der Waals surface area contributed by atoms with Crippen LogP contribution in [0.4, 0.5) is 0 Å². The molecule has 0 amide bonds. The highest BCUT2D eigenvalue weighted by Gasteiger charge is 2.12. The molecule has 0 bridgehead atoms. The molecule has 1 aliphatic rings. The highest BCUT2D eigenvalue weighted by atomic mass is 14.2. The van der Waals surface area contributed by atoms with Crippen LogP contribution in [0, 0.1) is 5.92 Å². The topological polar surface area (TPSA) is 0 Å². The van der Waals surface area contributed by atoms with Crippen molar-refractivity contribution in [2.24, 2.45) is 5.92 Å². The summed E-state index contributed by atoms with van der Waals surface area (Å²) in [5.74, 6) is 0.933. The van der Waals surface area contributed by atoms with Crippen LogP contribution < -0.4 is 0 Å². The Morgan fingerprint density at radius 3 is 2.71 bits per heavy atom. The standard InChI is InChI=1S/C14H24/c1-3-8-13(2)9-5-4-6-10-14-11-7-12-14/h6,8,10,14H,3-5,7,9,11-12H2,1-2H3. The molecular weight excluding hydrogens is 168 g/mol. The van der Waals surface area contributed by atoms with Crippen LogP contribution >= 0.6 is 0 Å².